The highest BCUT2D eigenvalue weighted by Gasteiger charge is 2.36. The Kier molecular flexibility index (Phi) is 4.94. The Morgan fingerprint density at radius 1 is 1.43 bits per heavy atom. The molecule has 0 spiro atoms. The summed E-state index contributed by atoms with van der Waals surface area (Å²) in [6.45, 7) is 0.288. The number of ether oxygens (including phenoxy) is 3. The maximum absolute atomic E-state index is 12.1. The minimum absolute atomic E-state index is 0.110. The Balaban J connectivity index is 2.18. The van der Waals surface area contributed by atoms with E-state index in [9.17, 15) is 14.7 Å². The van der Waals surface area contributed by atoms with E-state index in [0.717, 1.165) is 4.57 Å². The van der Waals surface area contributed by atoms with Crippen molar-refractivity contribution in [3.8, 4) is 0 Å². The van der Waals surface area contributed by atoms with Crippen LogP contribution in [0.3, 0.4) is 0 Å². The Bertz CT molecular complexity index is 608. The lowest BCUT2D eigenvalue weighted by atomic mass is 10.1. The number of hydrogen-bond donors (Lipinski definition) is 1. The molecule has 1 aliphatic heterocycles. The van der Waals surface area contributed by atoms with Crippen molar-refractivity contribution in [3.63, 3.8) is 0 Å². The van der Waals surface area contributed by atoms with E-state index in [2.05, 4.69) is 0 Å². The predicted molar refractivity (Wildman–Crippen MR) is 73.0 cm³/mol. The molecule has 0 amide bonds. The van der Waals surface area contributed by atoms with Gasteiger partial charge in [-0.05, 0) is 0 Å². The second kappa shape index (κ2) is 6.52. The molecule has 0 aliphatic carbocycles. The van der Waals surface area contributed by atoms with Crippen LogP contribution in [0.4, 0.5) is 0 Å². The average molecular weight is 300 g/mol. The molecule has 118 valence electrons. The normalized spacial score (nSPS) is 25.4. The van der Waals surface area contributed by atoms with Crippen molar-refractivity contribution in [3.05, 3.63) is 32.6 Å². The Morgan fingerprint density at radius 3 is 2.81 bits per heavy atom. The molecule has 1 saturated heterocycles. The van der Waals surface area contributed by atoms with Crippen molar-refractivity contribution in [1.29, 1.82) is 0 Å². The number of aryl methyl sites for hydroxylation is 1. The third-order valence-corrected chi connectivity index (χ3v) is 3.53. The molecule has 0 radical (unpaired) electrons. The van der Waals surface area contributed by atoms with Gasteiger partial charge in [0.2, 0.25) is 0 Å². The van der Waals surface area contributed by atoms with E-state index in [1.54, 1.807) is 7.05 Å². The zero-order valence-corrected chi connectivity index (χ0v) is 12.3. The first-order valence-corrected chi connectivity index (χ1v) is 6.62. The van der Waals surface area contributed by atoms with E-state index in [4.69, 9.17) is 14.2 Å². The standard InChI is InChI=1S/C13H20N2O6/c1-14-5-8(12(17)15(2)13(14)18)10-4-9(16)11(21-10)6-20-7-19-3/h5,9-11,16H,4,6-7H2,1-3H3/t9-,10+,11+/m0/s1. The highest BCUT2D eigenvalue weighted by atomic mass is 16.7. The van der Waals surface area contributed by atoms with Crippen LogP contribution < -0.4 is 11.2 Å². The van der Waals surface area contributed by atoms with Crippen LogP contribution in [0.25, 0.3) is 0 Å². The van der Waals surface area contributed by atoms with Crippen LogP contribution in [0, 0.1) is 0 Å². The molecule has 0 aromatic carbocycles. The summed E-state index contributed by atoms with van der Waals surface area (Å²) in [5, 5.41) is 9.98. The molecule has 1 aliphatic rings. The van der Waals surface area contributed by atoms with Gasteiger partial charge in [0, 0.05) is 33.8 Å². The highest BCUT2D eigenvalue weighted by Crippen LogP contribution is 2.31. The van der Waals surface area contributed by atoms with Gasteiger partial charge in [-0.2, -0.15) is 0 Å². The fourth-order valence-electron chi connectivity index (χ4n) is 2.38. The predicted octanol–water partition coefficient (Wildman–Crippen LogP) is -1.10. The van der Waals surface area contributed by atoms with Crippen molar-refractivity contribution < 1.29 is 19.3 Å². The molecule has 3 atom stereocenters. The van der Waals surface area contributed by atoms with Gasteiger partial charge in [-0.15, -0.1) is 0 Å². The molecule has 2 rings (SSSR count). The summed E-state index contributed by atoms with van der Waals surface area (Å²) in [7, 11) is 4.48. The summed E-state index contributed by atoms with van der Waals surface area (Å²) in [6.07, 6.45) is -0.0583. The number of nitrogens with zero attached hydrogens (tertiary/aromatic N) is 2. The van der Waals surface area contributed by atoms with E-state index in [1.165, 1.54) is 24.9 Å². The Labute approximate surface area is 121 Å². The summed E-state index contributed by atoms with van der Waals surface area (Å²) in [4.78, 5) is 23.8. The minimum atomic E-state index is -0.728. The van der Waals surface area contributed by atoms with Crippen molar-refractivity contribution in [2.75, 3.05) is 20.5 Å². The quantitative estimate of drug-likeness (QED) is 0.548. The largest absolute Gasteiger partial charge is 0.390 e. The number of rotatable bonds is 5. The van der Waals surface area contributed by atoms with E-state index < -0.39 is 29.6 Å². The third-order valence-electron chi connectivity index (χ3n) is 3.53. The van der Waals surface area contributed by atoms with E-state index >= 15 is 0 Å². The van der Waals surface area contributed by atoms with Gasteiger partial charge in [-0.3, -0.25) is 9.36 Å². The van der Waals surface area contributed by atoms with Crippen molar-refractivity contribution in [2.24, 2.45) is 14.1 Å². The lowest BCUT2D eigenvalue weighted by Gasteiger charge is -2.15. The fraction of sp³-hybridized carbons (Fsp3) is 0.692. The number of hydrogen-bond acceptors (Lipinski definition) is 6. The second-order valence-electron chi connectivity index (χ2n) is 5.09. The molecule has 0 saturated carbocycles. The summed E-state index contributed by atoms with van der Waals surface area (Å²) >= 11 is 0. The molecule has 0 bridgehead atoms. The maximum atomic E-state index is 12.1. The van der Waals surface area contributed by atoms with E-state index in [-0.39, 0.29) is 19.8 Å². The second-order valence-corrected chi connectivity index (χ2v) is 5.09. The molecule has 1 N–H and O–H groups in total. The van der Waals surface area contributed by atoms with E-state index in [0.29, 0.717) is 5.56 Å². The van der Waals surface area contributed by atoms with Crippen LogP contribution in [0.2, 0.25) is 0 Å². The third kappa shape index (κ3) is 3.24. The maximum Gasteiger partial charge on any atom is 0.330 e. The number of aromatic nitrogens is 2. The minimum Gasteiger partial charge on any atom is -0.390 e. The molecule has 0 unspecified atom stereocenters. The molecule has 21 heavy (non-hydrogen) atoms. The number of methoxy groups -OCH3 is 1. The lowest BCUT2D eigenvalue weighted by molar-refractivity contribution is -0.0927. The van der Waals surface area contributed by atoms with Gasteiger partial charge in [0.1, 0.15) is 12.9 Å². The van der Waals surface area contributed by atoms with Crippen molar-refractivity contribution >= 4 is 0 Å². The van der Waals surface area contributed by atoms with Crippen LogP contribution in [0.5, 0.6) is 0 Å². The summed E-state index contributed by atoms with van der Waals surface area (Å²) < 4.78 is 18.0. The first kappa shape index (κ1) is 15.9. The highest BCUT2D eigenvalue weighted by molar-refractivity contribution is 5.12. The molecule has 8 nitrogen and oxygen atoms in total. The van der Waals surface area contributed by atoms with E-state index in [1.807, 2.05) is 0 Å². The molecule has 8 heteroatoms. The fourth-order valence-corrected chi connectivity index (χ4v) is 2.38. The first-order valence-electron chi connectivity index (χ1n) is 6.62. The van der Waals surface area contributed by atoms with Crippen LogP contribution in [0.15, 0.2) is 15.8 Å². The van der Waals surface area contributed by atoms with Crippen molar-refractivity contribution in [1.82, 2.24) is 9.13 Å². The molecular weight excluding hydrogens is 280 g/mol. The molecule has 1 fully saturated rings. The topological polar surface area (TPSA) is 91.9 Å². The molecule has 1 aromatic heterocycles. The number of aliphatic hydroxyl groups excluding tert-OH is 1. The average Bonchev–Trinajstić information content (AvgIpc) is 2.82. The molecule has 2 heterocycles. The van der Waals surface area contributed by atoms with Gasteiger partial charge in [-0.25, -0.2) is 4.79 Å². The molecular formula is C13H20N2O6. The Morgan fingerprint density at radius 2 is 2.14 bits per heavy atom. The van der Waals surface area contributed by atoms with Gasteiger partial charge in [0.25, 0.3) is 5.56 Å². The van der Waals surface area contributed by atoms with Gasteiger partial charge in [0.15, 0.2) is 0 Å². The number of aliphatic hydroxyl groups is 1. The van der Waals surface area contributed by atoms with Crippen LogP contribution in [-0.2, 0) is 28.3 Å². The Hall–Kier alpha value is -1.48. The van der Waals surface area contributed by atoms with Gasteiger partial charge in [0.05, 0.1) is 24.4 Å². The lowest BCUT2D eigenvalue weighted by Crippen LogP contribution is -2.39. The van der Waals surface area contributed by atoms with Crippen molar-refractivity contribution in [2.45, 2.75) is 24.7 Å². The molecule has 1 aromatic rings. The summed E-state index contributed by atoms with van der Waals surface area (Å²) in [5.74, 6) is 0. The monoisotopic (exact) mass is 300 g/mol. The van der Waals surface area contributed by atoms with Gasteiger partial charge < -0.3 is 23.9 Å². The van der Waals surface area contributed by atoms with Crippen LogP contribution in [-0.4, -0.2) is 47.0 Å². The first-order chi connectivity index (χ1) is 9.95. The van der Waals surface area contributed by atoms with Gasteiger partial charge >= 0.3 is 5.69 Å². The van der Waals surface area contributed by atoms with Crippen LogP contribution >= 0.6 is 0 Å². The zero-order chi connectivity index (χ0) is 15.6. The SMILES string of the molecule is COCOC[C@H]1O[C@@H](c2cn(C)c(=O)n(C)c2=O)C[C@@H]1O. The summed E-state index contributed by atoms with van der Waals surface area (Å²) in [5.41, 5.74) is -0.455. The summed E-state index contributed by atoms with van der Waals surface area (Å²) in [6, 6.07) is 0. The smallest absolute Gasteiger partial charge is 0.330 e. The van der Waals surface area contributed by atoms with Crippen LogP contribution in [0.1, 0.15) is 18.1 Å². The zero-order valence-electron chi connectivity index (χ0n) is 12.3. The van der Waals surface area contributed by atoms with Gasteiger partial charge in [-0.1, -0.05) is 0 Å².